The fourth-order valence-electron chi connectivity index (χ4n) is 4.02. The Bertz CT molecular complexity index is 994. The number of hydrogen-bond acceptors (Lipinski definition) is 3. The number of fused-ring (bicyclic) bond motifs is 1. The molecule has 1 N–H and O–H groups in total. The van der Waals surface area contributed by atoms with Gasteiger partial charge in [-0.15, -0.1) is 0 Å². The normalized spacial score (nSPS) is 16.9. The van der Waals surface area contributed by atoms with Crippen LogP contribution in [0, 0.1) is 0 Å². The molecule has 2 aromatic heterocycles. The number of pyridine rings is 1. The molecule has 1 fully saturated rings. The van der Waals surface area contributed by atoms with Gasteiger partial charge < -0.3 is 14.8 Å². The van der Waals surface area contributed by atoms with Crippen LogP contribution in [0.1, 0.15) is 50.5 Å². The third kappa shape index (κ3) is 3.46. The molecule has 6 heteroatoms. The zero-order chi connectivity index (χ0) is 19.7. The summed E-state index contributed by atoms with van der Waals surface area (Å²) >= 11 is 0. The van der Waals surface area contributed by atoms with Crippen LogP contribution in [0.15, 0.2) is 42.7 Å². The highest BCUT2D eigenvalue weighted by Crippen LogP contribution is 2.31. The molecule has 0 saturated carbocycles. The van der Waals surface area contributed by atoms with E-state index in [9.17, 15) is 4.79 Å². The molecule has 1 saturated heterocycles. The van der Waals surface area contributed by atoms with Gasteiger partial charge in [-0.05, 0) is 50.5 Å². The Morgan fingerprint density at radius 1 is 1.32 bits per heavy atom. The number of nitrogens with zero attached hydrogens (tertiary/aromatic N) is 4. The summed E-state index contributed by atoms with van der Waals surface area (Å²) < 4.78 is 2.26. The third-order valence-corrected chi connectivity index (χ3v) is 5.46. The molecule has 0 spiro atoms. The first kappa shape index (κ1) is 18.5. The van der Waals surface area contributed by atoms with Gasteiger partial charge in [0.25, 0.3) is 0 Å². The van der Waals surface area contributed by atoms with Crippen molar-refractivity contribution in [2.24, 2.45) is 0 Å². The summed E-state index contributed by atoms with van der Waals surface area (Å²) in [6.45, 7) is 7.87. The van der Waals surface area contributed by atoms with Crippen LogP contribution in [-0.2, 0) is 6.42 Å². The topological polar surface area (TPSA) is 63.1 Å². The van der Waals surface area contributed by atoms with Gasteiger partial charge in [-0.2, -0.15) is 0 Å². The average Bonchev–Trinajstić information content (AvgIpc) is 3.32. The zero-order valence-corrected chi connectivity index (χ0v) is 16.7. The molecule has 2 amide bonds. The van der Waals surface area contributed by atoms with Gasteiger partial charge in [0, 0.05) is 36.9 Å². The molecule has 0 aliphatic carbocycles. The first-order chi connectivity index (χ1) is 13.6. The van der Waals surface area contributed by atoms with Crippen LogP contribution in [0.4, 0.5) is 10.5 Å². The third-order valence-electron chi connectivity index (χ3n) is 5.46. The van der Waals surface area contributed by atoms with E-state index in [-0.39, 0.29) is 11.9 Å². The van der Waals surface area contributed by atoms with Gasteiger partial charge in [0.05, 0.1) is 17.2 Å². The van der Waals surface area contributed by atoms with Crippen LogP contribution in [-0.4, -0.2) is 38.6 Å². The van der Waals surface area contributed by atoms with E-state index in [1.165, 1.54) is 5.56 Å². The standard InChI is InChI=1S/C22H27N5O/c1-4-16-6-5-7-18(12-16)24-22(28)26-11-9-17(14-26)21-25-19-8-10-23-13-20(19)27(21)15(2)3/h5-8,10,12-13,15,17H,4,9,11,14H2,1-3H3,(H,24,28). The largest absolute Gasteiger partial charge is 0.324 e. The lowest BCUT2D eigenvalue weighted by molar-refractivity contribution is 0.222. The molecule has 146 valence electrons. The number of benzene rings is 1. The summed E-state index contributed by atoms with van der Waals surface area (Å²) in [4.78, 5) is 23.8. The maximum Gasteiger partial charge on any atom is 0.321 e. The van der Waals surface area contributed by atoms with Gasteiger partial charge in [-0.1, -0.05) is 19.1 Å². The summed E-state index contributed by atoms with van der Waals surface area (Å²) in [6.07, 6.45) is 5.54. The minimum absolute atomic E-state index is 0.0374. The van der Waals surface area contributed by atoms with E-state index in [0.717, 1.165) is 41.9 Å². The number of aryl methyl sites for hydroxylation is 1. The number of carbonyl (C=O) groups is 1. The van der Waals surface area contributed by atoms with Gasteiger partial charge >= 0.3 is 6.03 Å². The molecule has 3 heterocycles. The molecule has 0 radical (unpaired) electrons. The predicted molar refractivity (Wildman–Crippen MR) is 112 cm³/mol. The maximum atomic E-state index is 12.8. The molecular weight excluding hydrogens is 350 g/mol. The molecule has 1 aliphatic rings. The second-order valence-electron chi connectivity index (χ2n) is 7.71. The number of imidazole rings is 1. The van der Waals surface area contributed by atoms with Gasteiger partial charge in [0.1, 0.15) is 5.82 Å². The van der Waals surface area contributed by atoms with Crippen molar-refractivity contribution >= 4 is 22.8 Å². The molecule has 4 rings (SSSR count). The molecular formula is C22H27N5O. The summed E-state index contributed by atoms with van der Waals surface area (Å²) in [7, 11) is 0. The van der Waals surface area contributed by atoms with Crippen molar-refractivity contribution in [1.29, 1.82) is 0 Å². The highest BCUT2D eigenvalue weighted by atomic mass is 16.2. The molecule has 1 aliphatic heterocycles. The highest BCUT2D eigenvalue weighted by molar-refractivity contribution is 5.89. The minimum Gasteiger partial charge on any atom is -0.324 e. The van der Waals surface area contributed by atoms with E-state index in [1.807, 2.05) is 35.4 Å². The predicted octanol–water partition coefficient (Wildman–Crippen LogP) is 4.60. The minimum atomic E-state index is -0.0374. The van der Waals surface area contributed by atoms with Crippen molar-refractivity contribution < 1.29 is 4.79 Å². The SMILES string of the molecule is CCc1cccc(NC(=O)N2CCC(c3nc4ccncc4n3C(C)C)C2)c1. The van der Waals surface area contributed by atoms with Crippen molar-refractivity contribution in [3.63, 3.8) is 0 Å². The molecule has 1 atom stereocenters. The maximum absolute atomic E-state index is 12.8. The van der Waals surface area contributed by atoms with Crippen molar-refractivity contribution in [2.45, 2.75) is 45.6 Å². The number of likely N-dealkylation sites (tertiary alicyclic amines) is 1. The quantitative estimate of drug-likeness (QED) is 0.723. The Kier molecular flexibility index (Phi) is 5.03. The smallest absolute Gasteiger partial charge is 0.321 e. The fourth-order valence-corrected chi connectivity index (χ4v) is 4.02. The van der Waals surface area contributed by atoms with Gasteiger partial charge in [-0.3, -0.25) is 4.98 Å². The molecule has 1 unspecified atom stereocenters. The lowest BCUT2D eigenvalue weighted by atomic mass is 10.1. The van der Waals surface area contributed by atoms with Crippen LogP contribution in [0.25, 0.3) is 11.0 Å². The molecule has 6 nitrogen and oxygen atoms in total. The average molecular weight is 377 g/mol. The first-order valence-corrected chi connectivity index (χ1v) is 10.0. The summed E-state index contributed by atoms with van der Waals surface area (Å²) in [6, 6.07) is 10.3. The van der Waals surface area contributed by atoms with Crippen LogP contribution < -0.4 is 5.32 Å². The van der Waals surface area contributed by atoms with Crippen LogP contribution in [0.2, 0.25) is 0 Å². The van der Waals surface area contributed by atoms with E-state index in [4.69, 9.17) is 4.98 Å². The molecule has 28 heavy (non-hydrogen) atoms. The number of rotatable bonds is 4. The second-order valence-corrected chi connectivity index (χ2v) is 7.71. The van der Waals surface area contributed by atoms with Crippen LogP contribution in [0.3, 0.4) is 0 Å². The van der Waals surface area contributed by atoms with Crippen molar-refractivity contribution in [1.82, 2.24) is 19.4 Å². The molecule has 1 aromatic carbocycles. The number of anilines is 1. The van der Waals surface area contributed by atoms with E-state index in [2.05, 4.69) is 41.7 Å². The molecule has 3 aromatic rings. The zero-order valence-electron chi connectivity index (χ0n) is 16.7. The van der Waals surface area contributed by atoms with Crippen molar-refractivity contribution in [3.8, 4) is 0 Å². The van der Waals surface area contributed by atoms with Gasteiger partial charge in [-0.25, -0.2) is 9.78 Å². The van der Waals surface area contributed by atoms with Crippen LogP contribution in [0.5, 0.6) is 0 Å². The van der Waals surface area contributed by atoms with Crippen LogP contribution >= 0.6 is 0 Å². The number of urea groups is 1. The fraction of sp³-hybridized carbons (Fsp3) is 0.409. The summed E-state index contributed by atoms with van der Waals surface area (Å²) in [5.41, 5.74) is 4.11. The van der Waals surface area contributed by atoms with E-state index in [0.29, 0.717) is 12.6 Å². The highest BCUT2D eigenvalue weighted by Gasteiger charge is 2.31. The molecule has 0 bridgehead atoms. The first-order valence-electron chi connectivity index (χ1n) is 10.0. The Morgan fingerprint density at radius 2 is 2.18 bits per heavy atom. The lowest BCUT2D eigenvalue weighted by Gasteiger charge is -2.19. The lowest BCUT2D eigenvalue weighted by Crippen LogP contribution is -2.33. The number of nitrogens with one attached hydrogen (secondary N) is 1. The van der Waals surface area contributed by atoms with Crippen molar-refractivity contribution in [2.75, 3.05) is 18.4 Å². The Hall–Kier alpha value is -2.89. The van der Waals surface area contributed by atoms with E-state index < -0.39 is 0 Å². The summed E-state index contributed by atoms with van der Waals surface area (Å²) in [5, 5.41) is 3.04. The number of amides is 2. The van der Waals surface area contributed by atoms with E-state index >= 15 is 0 Å². The van der Waals surface area contributed by atoms with Crippen molar-refractivity contribution in [3.05, 3.63) is 54.1 Å². The van der Waals surface area contributed by atoms with E-state index in [1.54, 1.807) is 6.20 Å². The Balaban J connectivity index is 1.52. The van der Waals surface area contributed by atoms with Gasteiger partial charge in [0.15, 0.2) is 0 Å². The van der Waals surface area contributed by atoms with Gasteiger partial charge in [0.2, 0.25) is 0 Å². The Labute approximate surface area is 165 Å². The number of carbonyl (C=O) groups excluding carboxylic acids is 1. The summed E-state index contributed by atoms with van der Waals surface area (Å²) in [5.74, 6) is 1.30. The number of aromatic nitrogens is 3. The monoisotopic (exact) mass is 377 g/mol. The second kappa shape index (κ2) is 7.62. The number of hydrogen-bond donors (Lipinski definition) is 1. The Morgan fingerprint density at radius 3 is 2.96 bits per heavy atom.